The number of rotatable bonds is 4. The van der Waals surface area contributed by atoms with Crippen LogP contribution in [0.2, 0.25) is 0 Å². The zero-order chi connectivity index (χ0) is 10.4. The van der Waals surface area contributed by atoms with E-state index in [2.05, 4.69) is 18.9 Å². The van der Waals surface area contributed by atoms with E-state index < -0.39 is 0 Å². The highest BCUT2D eigenvalue weighted by molar-refractivity contribution is 5.59. The largest absolute Gasteiger partial charge is 0.306 e. The van der Waals surface area contributed by atoms with Crippen LogP contribution in [-0.2, 0) is 4.79 Å². The van der Waals surface area contributed by atoms with E-state index in [1.54, 1.807) is 0 Å². The van der Waals surface area contributed by atoms with Gasteiger partial charge in [-0.05, 0) is 26.4 Å². The fourth-order valence-corrected chi connectivity index (χ4v) is 2.40. The van der Waals surface area contributed by atoms with Crippen molar-refractivity contribution in [2.45, 2.75) is 45.4 Å². The molecule has 0 amide bonds. The van der Waals surface area contributed by atoms with Gasteiger partial charge in [-0.15, -0.1) is 0 Å². The number of hydrogen-bond acceptors (Lipinski definition) is 2. The van der Waals surface area contributed by atoms with E-state index in [1.807, 2.05) is 0 Å². The van der Waals surface area contributed by atoms with Gasteiger partial charge in [0.15, 0.2) is 0 Å². The van der Waals surface area contributed by atoms with Gasteiger partial charge in [0.2, 0.25) is 0 Å². The molecule has 0 aromatic heterocycles. The first-order chi connectivity index (χ1) is 6.72. The molecule has 1 fully saturated rings. The lowest BCUT2D eigenvalue weighted by atomic mass is 9.81. The third-order valence-electron chi connectivity index (χ3n) is 3.47. The van der Waals surface area contributed by atoms with E-state index in [1.165, 1.54) is 32.0 Å². The van der Waals surface area contributed by atoms with Crippen LogP contribution in [0.1, 0.15) is 45.4 Å². The van der Waals surface area contributed by atoms with Crippen LogP contribution in [0.25, 0.3) is 0 Å². The van der Waals surface area contributed by atoms with Gasteiger partial charge in [-0.1, -0.05) is 32.6 Å². The highest BCUT2D eigenvalue weighted by Gasteiger charge is 2.31. The zero-order valence-corrected chi connectivity index (χ0v) is 9.59. The normalized spacial score (nSPS) is 21.9. The fraction of sp³-hybridized carbons (Fsp3) is 0.917. The average molecular weight is 197 g/mol. The van der Waals surface area contributed by atoms with Gasteiger partial charge in [0.05, 0.1) is 0 Å². The average Bonchev–Trinajstić information content (AvgIpc) is 2.44. The topological polar surface area (TPSA) is 20.3 Å². The van der Waals surface area contributed by atoms with Crippen LogP contribution in [0.3, 0.4) is 0 Å². The quantitative estimate of drug-likeness (QED) is 0.510. The van der Waals surface area contributed by atoms with Crippen molar-refractivity contribution in [3.8, 4) is 0 Å². The summed E-state index contributed by atoms with van der Waals surface area (Å²) < 4.78 is 0. The fourth-order valence-electron chi connectivity index (χ4n) is 2.40. The Bertz CT molecular complexity index is 171. The summed E-state index contributed by atoms with van der Waals surface area (Å²) in [5.41, 5.74) is -0.0265. The maximum atomic E-state index is 11.3. The van der Waals surface area contributed by atoms with E-state index in [-0.39, 0.29) is 5.41 Å². The van der Waals surface area contributed by atoms with Crippen molar-refractivity contribution in [2.24, 2.45) is 5.41 Å². The summed E-state index contributed by atoms with van der Waals surface area (Å²) in [6.45, 7) is 4.14. The number of nitrogens with zero attached hydrogens (tertiary/aromatic N) is 1. The molecule has 14 heavy (non-hydrogen) atoms. The monoisotopic (exact) mass is 197 g/mol. The van der Waals surface area contributed by atoms with Gasteiger partial charge in [-0.3, -0.25) is 0 Å². The second kappa shape index (κ2) is 5.50. The second-order valence-electron chi connectivity index (χ2n) is 4.72. The molecule has 1 saturated carbocycles. The summed E-state index contributed by atoms with van der Waals surface area (Å²) in [6.07, 6.45) is 8.51. The summed E-state index contributed by atoms with van der Waals surface area (Å²) in [7, 11) is 2.11. The first kappa shape index (κ1) is 11.7. The molecular formula is C12H23NO. The van der Waals surface area contributed by atoms with Crippen LogP contribution in [0.5, 0.6) is 0 Å². The summed E-state index contributed by atoms with van der Waals surface area (Å²) >= 11 is 0. The van der Waals surface area contributed by atoms with Crippen molar-refractivity contribution >= 4 is 6.29 Å². The van der Waals surface area contributed by atoms with Gasteiger partial charge in [0, 0.05) is 12.0 Å². The lowest BCUT2D eigenvalue weighted by Gasteiger charge is -2.30. The lowest BCUT2D eigenvalue weighted by molar-refractivity contribution is -0.117. The minimum Gasteiger partial charge on any atom is -0.306 e. The molecule has 0 unspecified atom stereocenters. The highest BCUT2D eigenvalue weighted by Crippen LogP contribution is 2.33. The third kappa shape index (κ3) is 3.09. The minimum absolute atomic E-state index is 0.0265. The predicted molar refractivity (Wildman–Crippen MR) is 59.4 cm³/mol. The SMILES string of the molecule is CCN(C)CC1(C=O)CCCCCC1. The van der Waals surface area contributed by atoms with Crippen molar-refractivity contribution in [1.29, 1.82) is 0 Å². The molecule has 0 bridgehead atoms. The van der Waals surface area contributed by atoms with Crippen LogP contribution in [-0.4, -0.2) is 31.3 Å². The molecule has 0 radical (unpaired) electrons. The molecule has 82 valence electrons. The van der Waals surface area contributed by atoms with E-state index in [0.717, 1.165) is 25.9 Å². The molecule has 0 aromatic carbocycles. The first-order valence-electron chi connectivity index (χ1n) is 5.87. The third-order valence-corrected chi connectivity index (χ3v) is 3.47. The lowest BCUT2D eigenvalue weighted by Crippen LogP contribution is -2.36. The molecule has 1 aliphatic carbocycles. The summed E-state index contributed by atoms with van der Waals surface area (Å²) in [4.78, 5) is 13.5. The van der Waals surface area contributed by atoms with E-state index in [4.69, 9.17) is 0 Å². The Morgan fingerprint density at radius 3 is 2.21 bits per heavy atom. The molecule has 0 atom stereocenters. The van der Waals surface area contributed by atoms with Crippen molar-refractivity contribution in [3.05, 3.63) is 0 Å². The molecule has 1 rings (SSSR count). The van der Waals surface area contributed by atoms with Crippen LogP contribution in [0.15, 0.2) is 0 Å². The van der Waals surface area contributed by atoms with Crippen molar-refractivity contribution in [1.82, 2.24) is 4.90 Å². The molecule has 0 N–H and O–H groups in total. The highest BCUT2D eigenvalue weighted by atomic mass is 16.1. The van der Waals surface area contributed by atoms with Gasteiger partial charge >= 0.3 is 0 Å². The Hall–Kier alpha value is -0.370. The van der Waals surface area contributed by atoms with Gasteiger partial charge in [0.25, 0.3) is 0 Å². The number of aldehydes is 1. The molecule has 2 heteroatoms. The molecule has 0 saturated heterocycles. The number of carbonyl (C=O) groups excluding carboxylic acids is 1. The minimum atomic E-state index is -0.0265. The van der Waals surface area contributed by atoms with Crippen LogP contribution in [0, 0.1) is 5.41 Å². The summed E-state index contributed by atoms with van der Waals surface area (Å²) in [5, 5.41) is 0. The Morgan fingerprint density at radius 1 is 1.21 bits per heavy atom. The smallest absolute Gasteiger partial charge is 0.127 e. The van der Waals surface area contributed by atoms with Crippen LogP contribution >= 0.6 is 0 Å². The maximum Gasteiger partial charge on any atom is 0.127 e. The molecule has 2 nitrogen and oxygen atoms in total. The van der Waals surface area contributed by atoms with Gasteiger partial charge in [-0.25, -0.2) is 0 Å². The number of carbonyl (C=O) groups is 1. The molecular weight excluding hydrogens is 174 g/mol. The van der Waals surface area contributed by atoms with Gasteiger partial charge < -0.3 is 9.69 Å². The van der Waals surface area contributed by atoms with Crippen LogP contribution in [0.4, 0.5) is 0 Å². The zero-order valence-electron chi connectivity index (χ0n) is 9.59. The standard InChI is InChI=1S/C12H23NO/c1-3-13(2)10-12(11-14)8-6-4-5-7-9-12/h11H,3-10H2,1-2H3. The second-order valence-corrected chi connectivity index (χ2v) is 4.72. The summed E-state index contributed by atoms with van der Waals surface area (Å²) in [6, 6.07) is 0. The van der Waals surface area contributed by atoms with E-state index in [0.29, 0.717) is 0 Å². The Labute approximate surface area is 87.7 Å². The van der Waals surface area contributed by atoms with Gasteiger partial charge in [0.1, 0.15) is 6.29 Å². The van der Waals surface area contributed by atoms with E-state index in [9.17, 15) is 4.79 Å². The molecule has 1 aliphatic rings. The molecule has 0 spiro atoms. The molecule has 0 heterocycles. The maximum absolute atomic E-state index is 11.3. The Morgan fingerprint density at radius 2 is 1.79 bits per heavy atom. The Balaban J connectivity index is 2.57. The number of hydrogen-bond donors (Lipinski definition) is 0. The Kier molecular flexibility index (Phi) is 4.59. The van der Waals surface area contributed by atoms with Crippen molar-refractivity contribution < 1.29 is 4.79 Å². The first-order valence-corrected chi connectivity index (χ1v) is 5.87. The molecule has 0 aromatic rings. The predicted octanol–water partition coefficient (Wildman–Crippen LogP) is 2.48. The molecule has 0 aliphatic heterocycles. The van der Waals surface area contributed by atoms with Crippen molar-refractivity contribution in [2.75, 3.05) is 20.1 Å². The van der Waals surface area contributed by atoms with Gasteiger partial charge in [-0.2, -0.15) is 0 Å². The van der Waals surface area contributed by atoms with E-state index >= 15 is 0 Å². The van der Waals surface area contributed by atoms with Crippen molar-refractivity contribution in [3.63, 3.8) is 0 Å². The van der Waals surface area contributed by atoms with Crippen LogP contribution < -0.4 is 0 Å². The summed E-state index contributed by atoms with van der Waals surface area (Å²) in [5.74, 6) is 0.